The van der Waals surface area contributed by atoms with E-state index in [2.05, 4.69) is 0 Å². The first kappa shape index (κ1) is 21.2. The molecule has 0 spiro atoms. The standard InChI is InChI=1S/C18H14N2O9/c1-10(21)28-17-9-13(8-15(20(26)27)18(17)29-11(2)22)16(23)7-12-3-5-14(6-4-12)19(24)25/h3-6,8-9H,7H2,1-2H3. The number of benzene rings is 2. The Bertz CT molecular complexity index is 1010. The van der Waals surface area contributed by atoms with Crippen LogP contribution in [0.5, 0.6) is 11.5 Å². The predicted octanol–water partition coefficient (Wildman–Crippen LogP) is 2.78. The van der Waals surface area contributed by atoms with Crippen LogP contribution in [-0.4, -0.2) is 27.6 Å². The van der Waals surface area contributed by atoms with Crippen molar-refractivity contribution in [1.29, 1.82) is 0 Å². The molecule has 150 valence electrons. The van der Waals surface area contributed by atoms with E-state index >= 15 is 0 Å². The maximum Gasteiger partial charge on any atom is 0.316 e. The number of nitro groups is 2. The van der Waals surface area contributed by atoms with Gasteiger partial charge in [0.05, 0.1) is 9.85 Å². The summed E-state index contributed by atoms with van der Waals surface area (Å²) in [6, 6.07) is 7.16. The van der Waals surface area contributed by atoms with E-state index in [4.69, 9.17) is 9.47 Å². The maximum absolute atomic E-state index is 12.6. The Morgan fingerprint density at radius 1 is 0.897 bits per heavy atom. The molecule has 0 heterocycles. The minimum atomic E-state index is -0.883. The molecule has 0 aliphatic heterocycles. The average Bonchev–Trinajstić information content (AvgIpc) is 2.62. The van der Waals surface area contributed by atoms with Gasteiger partial charge in [-0.05, 0) is 11.6 Å². The number of ether oxygens (including phenoxy) is 2. The Kier molecular flexibility index (Phi) is 6.34. The fourth-order valence-electron chi connectivity index (χ4n) is 2.38. The van der Waals surface area contributed by atoms with E-state index in [9.17, 15) is 34.6 Å². The van der Waals surface area contributed by atoms with Crippen LogP contribution in [0.15, 0.2) is 36.4 Å². The minimum absolute atomic E-state index is 0.153. The molecule has 0 fully saturated rings. The van der Waals surface area contributed by atoms with E-state index in [1.165, 1.54) is 24.3 Å². The lowest BCUT2D eigenvalue weighted by Crippen LogP contribution is -2.11. The van der Waals surface area contributed by atoms with Crippen LogP contribution in [0.2, 0.25) is 0 Å². The van der Waals surface area contributed by atoms with Gasteiger partial charge in [0.2, 0.25) is 0 Å². The lowest BCUT2D eigenvalue weighted by molar-refractivity contribution is -0.385. The normalized spacial score (nSPS) is 10.1. The first-order chi connectivity index (χ1) is 13.6. The van der Waals surface area contributed by atoms with Crippen LogP contribution in [0.25, 0.3) is 0 Å². The van der Waals surface area contributed by atoms with Gasteiger partial charge < -0.3 is 9.47 Å². The number of non-ortho nitro benzene ring substituents is 1. The summed E-state index contributed by atoms with van der Waals surface area (Å²) in [6.45, 7) is 2.05. The lowest BCUT2D eigenvalue weighted by Gasteiger charge is -2.11. The van der Waals surface area contributed by atoms with Gasteiger partial charge in [0.1, 0.15) is 0 Å². The van der Waals surface area contributed by atoms with E-state index in [0.717, 1.165) is 26.0 Å². The smallest absolute Gasteiger partial charge is 0.316 e. The number of esters is 2. The molecule has 0 saturated heterocycles. The van der Waals surface area contributed by atoms with Crippen molar-refractivity contribution >= 4 is 29.1 Å². The third-order valence-electron chi connectivity index (χ3n) is 3.57. The molecule has 2 aromatic rings. The molecule has 0 radical (unpaired) electrons. The fraction of sp³-hybridized carbons (Fsp3) is 0.167. The van der Waals surface area contributed by atoms with Crippen LogP contribution in [-0.2, 0) is 16.0 Å². The van der Waals surface area contributed by atoms with E-state index in [-0.39, 0.29) is 17.7 Å². The summed E-state index contributed by atoms with van der Waals surface area (Å²) < 4.78 is 9.67. The second kappa shape index (κ2) is 8.69. The molecule has 0 aliphatic carbocycles. The molecule has 0 bridgehead atoms. The van der Waals surface area contributed by atoms with Crippen molar-refractivity contribution in [3.8, 4) is 11.5 Å². The molecular formula is C18H14N2O9. The molecule has 0 atom stereocenters. The molecule has 11 heteroatoms. The fourth-order valence-corrected chi connectivity index (χ4v) is 2.38. The van der Waals surface area contributed by atoms with Crippen LogP contribution < -0.4 is 9.47 Å². The highest BCUT2D eigenvalue weighted by Gasteiger charge is 2.27. The van der Waals surface area contributed by atoms with Gasteiger partial charge in [-0.25, -0.2) is 0 Å². The second-order valence-corrected chi connectivity index (χ2v) is 5.79. The monoisotopic (exact) mass is 402 g/mol. The number of nitro benzene ring substituents is 2. The van der Waals surface area contributed by atoms with E-state index in [0.29, 0.717) is 5.56 Å². The van der Waals surface area contributed by atoms with Crippen molar-refractivity contribution in [1.82, 2.24) is 0 Å². The molecule has 0 aliphatic rings. The molecule has 0 saturated carbocycles. The van der Waals surface area contributed by atoms with Gasteiger partial charge in [-0.3, -0.25) is 34.6 Å². The lowest BCUT2D eigenvalue weighted by atomic mass is 10.0. The Balaban J connectivity index is 2.45. The summed E-state index contributed by atoms with van der Waals surface area (Å²) >= 11 is 0. The topological polar surface area (TPSA) is 156 Å². The van der Waals surface area contributed by atoms with Gasteiger partial charge in [-0.15, -0.1) is 0 Å². The van der Waals surface area contributed by atoms with Gasteiger partial charge in [-0.2, -0.15) is 0 Å². The molecule has 0 N–H and O–H groups in total. The van der Waals surface area contributed by atoms with Crippen LogP contribution in [0.1, 0.15) is 29.8 Å². The van der Waals surface area contributed by atoms with Gasteiger partial charge in [-0.1, -0.05) is 12.1 Å². The molecule has 0 amide bonds. The van der Waals surface area contributed by atoms with Crippen LogP contribution in [0.3, 0.4) is 0 Å². The van der Waals surface area contributed by atoms with Crippen molar-refractivity contribution < 1.29 is 33.7 Å². The first-order valence-electron chi connectivity index (χ1n) is 8.04. The molecule has 0 aromatic heterocycles. The highest BCUT2D eigenvalue weighted by molar-refractivity contribution is 5.99. The van der Waals surface area contributed by atoms with Gasteiger partial charge in [0.25, 0.3) is 11.4 Å². The number of hydrogen-bond acceptors (Lipinski definition) is 9. The Hall–Kier alpha value is -4.15. The summed E-state index contributed by atoms with van der Waals surface area (Å²) in [5.41, 5.74) is -0.616. The quantitative estimate of drug-likeness (QED) is 0.223. The predicted molar refractivity (Wildman–Crippen MR) is 96.8 cm³/mol. The van der Waals surface area contributed by atoms with E-state index < -0.39 is 44.8 Å². The number of ketones is 1. The second-order valence-electron chi connectivity index (χ2n) is 5.79. The Labute approximate surface area is 163 Å². The first-order valence-corrected chi connectivity index (χ1v) is 8.04. The molecule has 2 aromatic carbocycles. The van der Waals surface area contributed by atoms with Crippen LogP contribution in [0.4, 0.5) is 11.4 Å². The van der Waals surface area contributed by atoms with Crippen molar-refractivity contribution in [2.24, 2.45) is 0 Å². The zero-order valence-corrected chi connectivity index (χ0v) is 15.2. The zero-order chi connectivity index (χ0) is 21.7. The number of rotatable bonds is 7. The molecular weight excluding hydrogens is 388 g/mol. The highest BCUT2D eigenvalue weighted by atomic mass is 16.6. The molecule has 29 heavy (non-hydrogen) atoms. The number of Topliss-reactive ketones (excluding diaryl/α,β-unsaturated/α-hetero) is 1. The third-order valence-corrected chi connectivity index (χ3v) is 3.57. The number of nitrogens with zero attached hydrogens (tertiary/aromatic N) is 2. The summed E-state index contributed by atoms with van der Waals surface area (Å²) in [4.78, 5) is 55.7. The molecule has 11 nitrogen and oxygen atoms in total. The van der Waals surface area contributed by atoms with Crippen molar-refractivity contribution in [3.63, 3.8) is 0 Å². The minimum Gasteiger partial charge on any atom is -0.422 e. The van der Waals surface area contributed by atoms with Crippen molar-refractivity contribution in [2.45, 2.75) is 20.3 Å². The van der Waals surface area contributed by atoms with E-state index in [1.807, 2.05) is 0 Å². The SMILES string of the molecule is CC(=O)Oc1cc(C(=O)Cc2ccc([N+](=O)[O-])cc2)cc([N+](=O)[O-])c1OC(C)=O. The zero-order valence-electron chi connectivity index (χ0n) is 15.2. The Morgan fingerprint density at radius 3 is 1.97 bits per heavy atom. The Morgan fingerprint density at radius 2 is 1.48 bits per heavy atom. The summed E-state index contributed by atoms with van der Waals surface area (Å²) in [6.07, 6.45) is -0.221. The number of carbonyl (C=O) groups is 3. The van der Waals surface area contributed by atoms with Gasteiger partial charge in [0, 0.05) is 44.0 Å². The van der Waals surface area contributed by atoms with Crippen LogP contribution in [0, 0.1) is 20.2 Å². The molecule has 0 unspecified atom stereocenters. The van der Waals surface area contributed by atoms with Crippen molar-refractivity contribution in [3.05, 3.63) is 67.8 Å². The highest BCUT2D eigenvalue weighted by Crippen LogP contribution is 2.39. The summed E-state index contributed by atoms with van der Waals surface area (Å²) in [5, 5.41) is 22.1. The van der Waals surface area contributed by atoms with Crippen LogP contribution >= 0.6 is 0 Å². The maximum atomic E-state index is 12.6. The molecule has 2 rings (SSSR count). The summed E-state index contributed by atoms with van der Waals surface area (Å²) in [7, 11) is 0. The van der Waals surface area contributed by atoms with Gasteiger partial charge in [0.15, 0.2) is 11.5 Å². The third kappa shape index (κ3) is 5.42. The van der Waals surface area contributed by atoms with E-state index in [1.54, 1.807) is 0 Å². The van der Waals surface area contributed by atoms with Crippen molar-refractivity contribution in [2.75, 3.05) is 0 Å². The number of carbonyl (C=O) groups excluding carboxylic acids is 3. The number of hydrogen-bond donors (Lipinski definition) is 0. The summed E-state index contributed by atoms with van der Waals surface area (Å²) in [5.74, 6) is -3.35. The largest absolute Gasteiger partial charge is 0.422 e. The average molecular weight is 402 g/mol. The van der Waals surface area contributed by atoms with Gasteiger partial charge >= 0.3 is 17.6 Å².